The fraction of sp³-hybridized carbons (Fsp3) is 0. The van der Waals surface area contributed by atoms with Gasteiger partial charge >= 0.3 is 0 Å². The van der Waals surface area contributed by atoms with Crippen molar-refractivity contribution in [1.82, 2.24) is 9.78 Å². The molecular formula is C16H7Cl2F3N2O. The van der Waals surface area contributed by atoms with Crippen LogP contribution in [0.4, 0.5) is 13.2 Å². The lowest BCUT2D eigenvalue weighted by atomic mass is 10.1. The second-order valence-electron chi connectivity index (χ2n) is 4.84. The number of aromatic nitrogens is 2. The lowest BCUT2D eigenvalue weighted by Gasteiger charge is -2.05. The van der Waals surface area contributed by atoms with Crippen molar-refractivity contribution in [2.75, 3.05) is 0 Å². The molecule has 0 fully saturated rings. The predicted molar refractivity (Wildman–Crippen MR) is 84.3 cm³/mol. The molecule has 3 aromatic rings. The van der Waals surface area contributed by atoms with Gasteiger partial charge in [0.25, 0.3) is 0 Å². The summed E-state index contributed by atoms with van der Waals surface area (Å²) < 4.78 is 41.7. The van der Waals surface area contributed by atoms with E-state index in [0.717, 1.165) is 16.8 Å². The van der Waals surface area contributed by atoms with Gasteiger partial charge in [-0.05, 0) is 24.3 Å². The van der Waals surface area contributed by atoms with Crippen LogP contribution >= 0.6 is 23.2 Å². The molecule has 1 heterocycles. The number of halogens is 5. The highest BCUT2D eigenvalue weighted by atomic mass is 35.5. The van der Waals surface area contributed by atoms with Gasteiger partial charge in [-0.3, -0.25) is 4.79 Å². The van der Waals surface area contributed by atoms with Gasteiger partial charge in [0, 0.05) is 17.8 Å². The molecule has 0 aliphatic heterocycles. The van der Waals surface area contributed by atoms with E-state index in [4.69, 9.17) is 23.2 Å². The van der Waals surface area contributed by atoms with Crippen LogP contribution in [0, 0.1) is 17.5 Å². The molecule has 3 rings (SSSR count). The number of nitrogens with zero attached hydrogens (tertiary/aromatic N) is 2. The van der Waals surface area contributed by atoms with Crippen molar-refractivity contribution in [3.8, 4) is 16.9 Å². The minimum atomic E-state index is -0.866. The third-order valence-electron chi connectivity index (χ3n) is 3.29. The fourth-order valence-corrected chi connectivity index (χ4v) is 2.65. The molecule has 0 unspecified atom stereocenters. The normalized spacial score (nSPS) is 10.9. The molecule has 0 aliphatic rings. The van der Waals surface area contributed by atoms with E-state index in [0.29, 0.717) is 12.4 Å². The topological polar surface area (TPSA) is 34.9 Å². The fourth-order valence-electron chi connectivity index (χ4n) is 2.18. The van der Waals surface area contributed by atoms with Crippen molar-refractivity contribution in [3.63, 3.8) is 0 Å². The molecule has 3 nitrogen and oxygen atoms in total. The van der Waals surface area contributed by atoms with Gasteiger partial charge in [-0.25, -0.2) is 17.9 Å². The summed E-state index contributed by atoms with van der Waals surface area (Å²) in [6.45, 7) is 0. The Balaban J connectivity index is 2.19. The maximum Gasteiger partial charge on any atom is 0.153 e. The standard InChI is InChI=1S/C16H7Cl2F3N2O/c17-11-5-12(18)13(20)4-10(11)16-8(7-24)6-23(22-16)15-2-1-9(19)3-14(15)21/h1-7H. The summed E-state index contributed by atoms with van der Waals surface area (Å²) in [5.41, 5.74) is 0.162. The summed E-state index contributed by atoms with van der Waals surface area (Å²) in [6, 6.07) is 5.12. The molecule has 0 atom stereocenters. The van der Waals surface area contributed by atoms with Gasteiger partial charge < -0.3 is 0 Å². The molecular weight excluding hydrogens is 364 g/mol. The number of benzene rings is 2. The Hall–Kier alpha value is -2.31. The first-order valence-corrected chi connectivity index (χ1v) is 7.31. The van der Waals surface area contributed by atoms with Gasteiger partial charge in [0.1, 0.15) is 23.0 Å². The number of hydrogen-bond acceptors (Lipinski definition) is 2. The smallest absolute Gasteiger partial charge is 0.153 e. The molecule has 0 aliphatic carbocycles. The Morgan fingerprint density at radius 2 is 1.75 bits per heavy atom. The molecule has 0 radical (unpaired) electrons. The maximum atomic E-state index is 13.9. The van der Waals surface area contributed by atoms with Crippen molar-refractivity contribution in [2.24, 2.45) is 0 Å². The van der Waals surface area contributed by atoms with Gasteiger partial charge in [-0.15, -0.1) is 0 Å². The average Bonchev–Trinajstić information content (AvgIpc) is 2.94. The first-order chi connectivity index (χ1) is 11.4. The number of carbonyl (C=O) groups excluding carboxylic acids is 1. The SMILES string of the molecule is O=Cc1cn(-c2ccc(F)cc2F)nc1-c1cc(F)c(Cl)cc1Cl. The van der Waals surface area contributed by atoms with E-state index in [1.807, 2.05) is 0 Å². The molecule has 0 saturated heterocycles. The van der Waals surface area contributed by atoms with E-state index in [1.165, 1.54) is 18.3 Å². The molecule has 0 bridgehead atoms. The number of aldehydes is 1. The van der Waals surface area contributed by atoms with Crippen LogP contribution < -0.4 is 0 Å². The Bertz CT molecular complexity index is 957. The van der Waals surface area contributed by atoms with Gasteiger partial charge in [0.2, 0.25) is 0 Å². The van der Waals surface area contributed by atoms with Crippen LogP contribution in [0.3, 0.4) is 0 Å². The molecule has 0 amide bonds. The van der Waals surface area contributed by atoms with Crippen molar-refractivity contribution >= 4 is 29.5 Å². The van der Waals surface area contributed by atoms with Crippen LogP contribution in [-0.2, 0) is 0 Å². The molecule has 2 aromatic carbocycles. The quantitative estimate of drug-likeness (QED) is 0.476. The molecule has 24 heavy (non-hydrogen) atoms. The van der Waals surface area contributed by atoms with Crippen LogP contribution in [0.25, 0.3) is 16.9 Å². The Morgan fingerprint density at radius 3 is 2.42 bits per heavy atom. The summed E-state index contributed by atoms with van der Waals surface area (Å²) in [6.07, 6.45) is 1.71. The van der Waals surface area contributed by atoms with E-state index < -0.39 is 17.5 Å². The molecule has 122 valence electrons. The Morgan fingerprint density at radius 1 is 1.00 bits per heavy atom. The summed E-state index contributed by atoms with van der Waals surface area (Å²) >= 11 is 11.7. The monoisotopic (exact) mass is 370 g/mol. The first-order valence-electron chi connectivity index (χ1n) is 6.56. The lowest BCUT2D eigenvalue weighted by molar-refractivity contribution is 0.112. The number of carbonyl (C=O) groups is 1. The second-order valence-corrected chi connectivity index (χ2v) is 5.65. The highest BCUT2D eigenvalue weighted by molar-refractivity contribution is 6.36. The van der Waals surface area contributed by atoms with Crippen molar-refractivity contribution in [2.45, 2.75) is 0 Å². The van der Waals surface area contributed by atoms with Crippen LogP contribution in [0.5, 0.6) is 0 Å². The summed E-state index contributed by atoms with van der Waals surface area (Å²) in [4.78, 5) is 11.3. The van der Waals surface area contributed by atoms with Crippen LogP contribution in [-0.4, -0.2) is 16.1 Å². The van der Waals surface area contributed by atoms with Crippen molar-refractivity contribution in [1.29, 1.82) is 0 Å². The van der Waals surface area contributed by atoms with Crippen molar-refractivity contribution < 1.29 is 18.0 Å². The van der Waals surface area contributed by atoms with Crippen LogP contribution in [0.1, 0.15) is 10.4 Å². The van der Waals surface area contributed by atoms with Crippen LogP contribution in [0.2, 0.25) is 10.0 Å². The third-order valence-corrected chi connectivity index (χ3v) is 3.89. The largest absolute Gasteiger partial charge is 0.298 e. The third kappa shape index (κ3) is 2.90. The Kier molecular flexibility index (Phi) is 4.34. The maximum absolute atomic E-state index is 13.9. The van der Waals surface area contributed by atoms with E-state index in [1.54, 1.807) is 0 Å². The minimum absolute atomic E-state index is 0.0503. The molecule has 1 aromatic heterocycles. The zero-order valence-electron chi connectivity index (χ0n) is 11.7. The zero-order chi connectivity index (χ0) is 17.4. The van der Waals surface area contributed by atoms with Gasteiger partial charge in [0.05, 0.1) is 15.6 Å². The Labute approximate surface area is 144 Å². The number of rotatable bonds is 3. The van der Waals surface area contributed by atoms with Gasteiger partial charge in [0.15, 0.2) is 12.1 Å². The average molecular weight is 371 g/mol. The molecule has 8 heteroatoms. The highest BCUT2D eigenvalue weighted by Gasteiger charge is 2.18. The van der Waals surface area contributed by atoms with E-state index in [-0.39, 0.29) is 32.6 Å². The first kappa shape index (κ1) is 16.5. The summed E-state index contributed by atoms with van der Waals surface area (Å²) in [5.74, 6) is -2.35. The van der Waals surface area contributed by atoms with Gasteiger partial charge in [-0.2, -0.15) is 5.10 Å². The van der Waals surface area contributed by atoms with Gasteiger partial charge in [-0.1, -0.05) is 23.2 Å². The predicted octanol–water partition coefficient (Wildman–Crippen LogP) is 5.08. The number of hydrogen-bond donors (Lipinski definition) is 0. The molecule has 0 saturated carbocycles. The molecule has 0 spiro atoms. The minimum Gasteiger partial charge on any atom is -0.298 e. The molecule has 0 N–H and O–H groups in total. The second kappa shape index (κ2) is 6.30. The van der Waals surface area contributed by atoms with E-state index >= 15 is 0 Å². The zero-order valence-corrected chi connectivity index (χ0v) is 13.2. The van der Waals surface area contributed by atoms with E-state index in [9.17, 15) is 18.0 Å². The lowest BCUT2D eigenvalue weighted by Crippen LogP contribution is -1.99. The summed E-state index contributed by atoms with van der Waals surface area (Å²) in [5, 5.41) is 3.97. The highest BCUT2D eigenvalue weighted by Crippen LogP contribution is 2.33. The van der Waals surface area contributed by atoms with Crippen LogP contribution in [0.15, 0.2) is 36.5 Å². The van der Waals surface area contributed by atoms with Crippen molar-refractivity contribution in [3.05, 3.63) is 69.6 Å². The van der Waals surface area contributed by atoms with E-state index in [2.05, 4.69) is 5.10 Å². The summed E-state index contributed by atoms with van der Waals surface area (Å²) in [7, 11) is 0.